The van der Waals surface area contributed by atoms with Gasteiger partial charge in [-0.1, -0.05) is 42.5 Å². The number of carboxylic acid groups (broad SMARTS) is 1. The number of benzene rings is 2. The Bertz CT molecular complexity index is 1640. The number of aromatic nitrogens is 3. The van der Waals surface area contributed by atoms with Crippen molar-refractivity contribution in [1.82, 2.24) is 24.8 Å². The highest BCUT2D eigenvalue weighted by molar-refractivity contribution is 5.96. The Morgan fingerprint density at radius 3 is 2.62 bits per heavy atom. The summed E-state index contributed by atoms with van der Waals surface area (Å²) < 4.78 is 7.38. The predicted molar refractivity (Wildman–Crippen MR) is 157 cm³/mol. The highest BCUT2D eigenvalue weighted by atomic mass is 16.5. The molecule has 2 aromatic carbocycles. The molecule has 42 heavy (non-hydrogen) atoms. The van der Waals surface area contributed by atoms with E-state index in [0.717, 1.165) is 11.1 Å². The van der Waals surface area contributed by atoms with Crippen LogP contribution in [0.4, 0.5) is 10.5 Å². The van der Waals surface area contributed by atoms with Crippen molar-refractivity contribution in [2.24, 2.45) is 0 Å². The zero-order chi connectivity index (χ0) is 30.1. The van der Waals surface area contributed by atoms with Gasteiger partial charge in [-0.3, -0.25) is 14.4 Å². The van der Waals surface area contributed by atoms with Crippen LogP contribution in [0.1, 0.15) is 24.2 Å². The molecule has 0 aliphatic carbocycles. The number of carbonyl (C=O) groups excluding carboxylic acids is 2. The number of para-hydroxylation sites is 1. The molecule has 4 N–H and O–H groups in total. The monoisotopic (exact) mass is 572 g/mol. The maximum Gasteiger partial charge on any atom is 0.405 e. The Balaban J connectivity index is 1.45. The molecular weight excluding hydrogens is 540 g/mol. The van der Waals surface area contributed by atoms with Crippen molar-refractivity contribution in [3.8, 4) is 5.75 Å². The maximum atomic E-state index is 13.2. The van der Waals surface area contributed by atoms with Crippen molar-refractivity contribution in [2.45, 2.75) is 32.0 Å². The Morgan fingerprint density at radius 1 is 1.10 bits per heavy atom. The average molecular weight is 573 g/mol. The summed E-state index contributed by atoms with van der Waals surface area (Å²) in [6, 6.07) is 17.2. The summed E-state index contributed by atoms with van der Waals surface area (Å²) in [6.07, 6.45) is 3.45. The number of carbonyl (C=O) groups is 3. The lowest BCUT2D eigenvalue weighted by atomic mass is 10.1. The van der Waals surface area contributed by atoms with Gasteiger partial charge in [0.05, 0.1) is 12.1 Å². The fourth-order valence-electron chi connectivity index (χ4n) is 4.14. The first kappa shape index (κ1) is 29.6. The summed E-state index contributed by atoms with van der Waals surface area (Å²) in [5.74, 6) is 0.192. The van der Waals surface area contributed by atoms with E-state index >= 15 is 0 Å². The van der Waals surface area contributed by atoms with Crippen LogP contribution in [0.25, 0.3) is 11.0 Å². The van der Waals surface area contributed by atoms with E-state index in [0.29, 0.717) is 23.7 Å². The molecule has 0 spiro atoms. The smallest absolute Gasteiger partial charge is 0.405 e. The lowest BCUT2D eigenvalue weighted by Crippen LogP contribution is -2.44. The van der Waals surface area contributed by atoms with E-state index in [9.17, 15) is 24.3 Å². The summed E-state index contributed by atoms with van der Waals surface area (Å²) in [5.41, 5.74) is 1.90. The Hall–Kier alpha value is -5.39. The number of anilines is 1. The number of hydrogen-bond donors (Lipinski definition) is 4. The van der Waals surface area contributed by atoms with Gasteiger partial charge in [-0.15, -0.1) is 0 Å². The number of nitrogens with one attached hydrogen (secondary N) is 3. The number of H-pyrrole nitrogens is 1. The van der Waals surface area contributed by atoms with Gasteiger partial charge in [0.25, 0.3) is 5.56 Å². The second-order valence-electron chi connectivity index (χ2n) is 9.67. The Morgan fingerprint density at radius 2 is 1.88 bits per heavy atom. The molecule has 2 heterocycles. The van der Waals surface area contributed by atoms with Crippen LogP contribution in [-0.4, -0.2) is 62.6 Å². The van der Waals surface area contributed by atoms with Gasteiger partial charge < -0.3 is 34.9 Å². The van der Waals surface area contributed by atoms with Crippen LogP contribution in [0.5, 0.6) is 5.75 Å². The minimum absolute atomic E-state index is 0.0130. The largest absolute Gasteiger partial charge is 0.487 e. The molecule has 0 radical (unpaired) electrons. The third-order valence-corrected chi connectivity index (χ3v) is 6.30. The molecule has 0 aliphatic heterocycles. The number of imidazole rings is 1. The van der Waals surface area contributed by atoms with Crippen LogP contribution < -0.4 is 20.9 Å². The van der Waals surface area contributed by atoms with Gasteiger partial charge in [-0.2, -0.15) is 0 Å². The third kappa shape index (κ3) is 7.84. The van der Waals surface area contributed by atoms with Crippen molar-refractivity contribution in [1.29, 1.82) is 0 Å². The summed E-state index contributed by atoms with van der Waals surface area (Å²) in [6.45, 7) is 0.475. The third-order valence-electron chi connectivity index (χ3n) is 6.30. The van der Waals surface area contributed by atoms with E-state index in [4.69, 9.17) is 4.74 Å². The molecule has 1 atom stereocenters. The zero-order valence-corrected chi connectivity index (χ0v) is 23.2. The maximum absolute atomic E-state index is 13.2. The molecule has 4 rings (SSSR count). The van der Waals surface area contributed by atoms with Crippen LogP contribution in [0.2, 0.25) is 0 Å². The topological polar surface area (TPSA) is 159 Å². The number of pyridine rings is 1. The van der Waals surface area contributed by atoms with Gasteiger partial charge in [0.1, 0.15) is 35.4 Å². The fraction of sp³-hybridized carbons (Fsp3) is 0.233. The molecule has 218 valence electrons. The number of allylic oxidation sites excluding steroid dienone is 1. The quantitative estimate of drug-likeness (QED) is 0.190. The number of fused-ring (bicyclic) bond motifs is 1. The first-order chi connectivity index (χ1) is 20.2. The number of nitrogens with zero attached hydrogens (tertiary/aromatic N) is 3. The minimum Gasteiger partial charge on any atom is -0.487 e. The first-order valence-corrected chi connectivity index (χ1v) is 13.2. The van der Waals surface area contributed by atoms with Gasteiger partial charge in [0.15, 0.2) is 0 Å². The second-order valence-corrected chi connectivity index (χ2v) is 9.67. The first-order valence-electron chi connectivity index (χ1n) is 13.2. The van der Waals surface area contributed by atoms with Crippen molar-refractivity contribution in [2.75, 3.05) is 19.4 Å². The number of rotatable bonds is 12. The van der Waals surface area contributed by atoms with Crippen LogP contribution in [0.3, 0.4) is 0 Å². The summed E-state index contributed by atoms with van der Waals surface area (Å²) in [5, 5.41) is 13.9. The molecule has 0 saturated heterocycles. The van der Waals surface area contributed by atoms with Gasteiger partial charge in [0, 0.05) is 20.3 Å². The molecule has 2 aromatic heterocycles. The average Bonchev–Trinajstić information content (AvgIpc) is 3.39. The van der Waals surface area contributed by atoms with E-state index in [1.807, 2.05) is 48.5 Å². The lowest BCUT2D eigenvalue weighted by Gasteiger charge is -2.16. The highest BCUT2D eigenvalue weighted by Crippen LogP contribution is 2.24. The van der Waals surface area contributed by atoms with Gasteiger partial charge in [-0.05, 0) is 48.7 Å². The molecule has 1 unspecified atom stereocenters. The number of likely N-dealkylation sites (N-methyl/N-ethyl adjacent to an activating group) is 1. The van der Waals surface area contributed by atoms with Gasteiger partial charge in [0.2, 0.25) is 11.8 Å². The van der Waals surface area contributed by atoms with Gasteiger partial charge >= 0.3 is 6.09 Å². The Kier molecular flexibility index (Phi) is 9.72. The van der Waals surface area contributed by atoms with Crippen molar-refractivity contribution < 1.29 is 24.2 Å². The lowest BCUT2D eigenvalue weighted by molar-refractivity contribution is -0.123. The number of hydrogen-bond acceptors (Lipinski definition) is 6. The SMILES string of the molecule is CN(C)C(=O)C=CCCC(NC(=O)O)C(=O)Nc1cccn(Cc2nc3c(OCc4ccccc4)cccc3[nH]2)c1=O. The van der Waals surface area contributed by atoms with E-state index in [-0.39, 0.29) is 31.0 Å². The molecule has 12 nitrogen and oxygen atoms in total. The number of ether oxygens (including phenoxy) is 1. The minimum atomic E-state index is -1.38. The molecule has 0 saturated carbocycles. The molecule has 0 fully saturated rings. The number of amides is 3. The fourth-order valence-corrected chi connectivity index (χ4v) is 4.14. The predicted octanol–water partition coefficient (Wildman–Crippen LogP) is 3.35. The molecular formula is C30H32N6O6. The summed E-state index contributed by atoms with van der Waals surface area (Å²) in [4.78, 5) is 58.3. The number of aromatic amines is 1. The molecule has 12 heteroatoms. The van der Waals surface area contributed by atoms with E-state index in [1.165, 1.54) is 21.6 Å². The summed E-state index contributed by atoms with van der Waals surface area (Å²) >= 11 is 0. The standard InChI is InChI=1S/C30H32N6O6/c1-35(2)26(37)16-7-6-12-22(33-30(40)41)28(38)32-23-14-9-17-36(29(23)39)18-25-31-21-13-8-15-24(27(21)34-25)42-19-20-10-4-3-5-11-20/h3-5,7-11,13-17,22,33H,6,12,18-19H2,1-2H3,(H,31,34)(H,32,38)(H,40,41). The van der Waals surface area contributed by atoms with Crippen molar-refractivity contribution >= 4 is 34.6 Å². The highest BCUT2D eigenvalue weighted by Gasteiger charge is 2.21. The van der Waals surface area contributed by atoms with Crippen molar-refractivity contribution in [3.63, 3.8) is 0 Å². The van der Waals surface area contributed by atoms with Crippen LogP contribution in [-0.2, 0) is 22.7 Å². The van der Waals surface area contributed by atoms with Gasteiger partial charge in [-0.25, -0.2) is 9.78 Å². The van der Waals surface area contributed by atoms with E-state index in [1.54, 1.807) is 32.4 Å². The van der Waals surface area contributed by atoms with Crippen molar-refractivity contribution in [3.05, 3.63) is 101 Å². The molecule has 4 aromatic rings. The molecule has 0 bridgehead atoms. The molecule has 0 aliphatic rings. The van der Waals surface area contributed by atoms with Crippen LogP contribution in [0, 0.1) is 0 Å². The molecule has 3 amide bonds. The van der Waals surface area contributed by atoms with Crippen LogP contribution in [0.15, 0.2) is 83.8 Å². The van der Waals surface area contributed by atoms with E-state index < -0.39 is 23.6 Å². The zero-order valence-electron chi connectivity index (χ0n) is 23.2. The normalized spacial score (nSPS) is 11.8. The van der Waals surface area contributed by atoms with E-state index in [2.05, 4.69) is 20.6 Å². The second kappa shape index (κ2) is 13.8. The Labute approximate surface area is 241 Å². The van der Waals surface area contributed by atoms with Crippen LogP contribution >= 0.6 is 0 Å². The summed E-state index contributed by atoms with van der Waals surface area (Å²) in [7, 11) is 3.21.